The molecular formula is C53H60N4O5. The van der Waals surface area contributed by atoms with Crippen molar-refractivity contribution >= 4 is 23.8 Å². The van der Waals surface area contributed by atoms with E-state index in [1.54, 1.807) is 11.8 Å². The number of allylic oxidation sites excluding steroid dienone is 1. The quantitative estimate of drug-likeness (QED) is 0.0565. The van der Waals surface area contributed by atoms with E-state index in [0.717, 1.165) is 77.5 Å². The number of unbranched alkanes of at least 4 members (excludes halogenated alkanes) is 4. The zero-order valence-electron chi connectivity index (χ0n) is 36.4. The molecule has 4 amide bonds. The second kappa shape index (κ2) is 22.9. The molecule has 0 saturated heterocycles. The fraction of sp³-hybridized carbons (Fsp3) is 0.321. The molecule has 5 aromatic rings. The zero-order valence-corrected chi connectivity index (χ0v) is 36.4. The summed E-state index contributed by atoms with van der Waals surface area (Å²) >= 11 is 0. The summed E-state index contributed by atoms with van der Waals surface area (Å²) in [6.45, 7) is 7.20. The average molecular weight is 833 g/mol. The van der Waals surface area contributed by atoms with Gasteiger partial charge in [0.2, 0.25) is 11.8 Å². The molecule has 2 unspecified atom stereocenters. The first kappa shape index (κ1) is 45.1. The van der Waals surface area contributed by atoms with E-state index in [-0.39, 0.29) is 37.4 Å². The van der Waals surface area contributed by atoms with E-state index in [1.807, 2.05) is 140 Å². The fourth-order valence-electron chi connectivity index (χ4n) is 7.95. The Morgan fingerprint density at radius 3 is 1.85 bits per heavy atom. The molecule has 0 aromatic heterocycles. The highest BCUT2D eigenvalue weighted by molar-refractivity contribution is 5.95. The highest BCUT2D eigenvalue weighted by Crippen LogP contribution is 2.34. The topological polar surface area (TPSA) is 108 Å². The van der Waals surface area contributed by atoms with Gasteiger partial charge in [0.25, 0.3) is 0 Å². The van der Waals surface area contributed by atoms with Gasteiger partial charge in [-0.05, 0) is 65.1 Å². The number of urea groups is 1. The van der Waals surface area contributed by atoms with Crippen molar-refractivity contribution in [2.45, 2.75) is 90.8 Å². The summed E-state index contributed by atoms with van der Waals surface area (Å²) in [7, 11) is 0. The number of hydrogen-bond donors (Lipinski definition) is 2. The Morgan fingerprint density at radius 2 is 1.26 bits per heavy atom. The monoisotopic (exact) mass is 832 g/mol. The number of nitrogens with zero attached hydrogens (tertiary/aromatic N) is 2. The van der Waals surface area contributed by atoms with E-state index in [0.29, 0.717) is 30.8 Å². The molecule has 0 saturated carbocycles. The smallest absolute Gasteiger partial charge is 0.338 e. The lowest BCUT2D eigenvalue weighted by Gasteiger charge is -2.36. The molecule has 6 rings (SSSR count). The number of carbonyl (C=O) groups excluding carboxylic acids is 4. The van der Waals surface area contributed by atoms with Crippen LogP contribution >= 0.6 is 0 Å². The lowest BCUT2D eigenvalue weighted by atomic mass is 9.93. The molecule has 0 spiro atoms. The lowest BCUT2D eigenvalue weighted by molar-refractivity contribution is -0.141. The van der Waals surface area contributed by atoms with Crippen molar-refractivity contribution in [3.63, 3.8) is 0 Å². The first-order chi connectivity index (χ1) is 30.3. The third-order valence-electron chi connectivity index (χ3n) is 11.4. The van der Waals surface area contributed by atoms with Crippen molar-refractivity contribution in [1.82, 2.24) is 20.4 Å². The van der Waals surface area contributed by atoms with E-state index in [4.69, 9.17) is 4.74 Å². The van der Waals surface area contributed by atoms with Gasteiger partial charge in [-0.25, -0.2) is 9.59 Å². The standard InChI is InChI=1S/C53H60N4O5/c1-4-6-8-18-36-57(50(51(59)54-35-7-5-2)46-33-29-44(30-34-46)42-24-16-11-17-25-42)47(58)26-19-37-56-39(3)48(52(60)62-38-40-20-12-9-13-21-40)49(55-53(56)61)45-31-27-43(28-32-45)41-22-14-10-15-23-41/h9-17,20-25,27-34,49-50H,4-8,18-19,26,35-38H2,1-3H3,(H,54,59)(H,55,61). The second-order valence-electron chi connectivity index (χ2n) is 15.9. The van der Waals surface area contributed by atoms with Gasteiger partial charge in [0.05, 0.1) is 11.6 Å². The fourth-order valence-corrected chi connectivity index (χ4v) is 7.95. The molecule has 0 aliphatic carbocycles. The molecule has 9 nitrogen and oxygen atoms in total. The highest BCUT2D eigenvalue weighted by Gasteiger charge is 2.37. The number of hydrogen-bond acceptors (Lipinski definition) is 5. The highest BCUT2D eigenvalue weighted by atomic mass is 16.5. The van der Waals surface area contributed by atoms with Gasteiger partial charge in [0, 0.05) is 31.8 Å². The predicted octanol–water partition coefficient (Wildman–Crippen LogP) is 11.0. The zero-order chi connectivity index (χ0) is 43.7. The van der Waals surface area contributed by atoms with Crippen molar-refractivity contribution in [2.24, 2.45) is 0 Å². The Balaban J connectivity index is 1.24. The van der Waals surface area contributed by atoms with Crippen LogP contribution < -0.4 is 10.6 Å². The molecule has 0 radical (unpaired) electrons. The Morgan fingerprint density at radius 1 is 0.694 bits per heavy atom. The molecule has 2 atom stereocenters. The largest absolute Gasteiger partial charge is 0.457 e. The van der Waals surface area contributed by atoms with Crippen LogP contribution in [0.25, 0.3) is 22.3 Å². The summed E-state index contributed by atoms with van der Waals surface area (Å²) in [5.41, 5.74) is 7.32. The van der Waals surface area contributed by atoms with E-state index in [2.05, 4.69) is 24.5 Å². The summed E-state index contributed by atoms with van der Waals surface area (Å²) in [6, 6.07) is 43.4. The van der Waals surface area contributed by atoms with E-state index in [9.17, 15) is 19.2 Å². The van der Waals surface area contributed by atoms with Gasteiger partial charge in [-0.1, -0.05) is 179 Å². The third kappa shape index (κ3) is 11.9. The minimum Gasteiger partial charge on any atom is -0.457 e. The van der Waals surface area contributed by atoms with Crippen LogP contribution in [0.2, 0.25) is 0 Å². The first-order valence-electron chi connectivity index (χ1n) is 22.2. The molecule has 1 heterocycles. The molecule has 322 valence electrons. The summed E-state index contributed by atoms with van der Waals surface area (Å²) in [6.07, 6.45) is 5.96. The first-order valence-corrected chi connectivity index (χ1v) is 22.2. The Labute approximate surface area is 367 Å². The van der Waals surface area contributed by atoms with E-state index < -0.39 is 18.1 Å². The molecule has 2 N–H and O–H groups in total. The maximum Gasteiger partial charge on any atom is 0.338 e. The number of amides is 4. The van der Waals surface area contributed by atoms with Crippen molar-refractivity contribution in [3.8, 4) is 22.3 Å². The minimum absolute atomic E-state index is 0.0782. The van der Waals surface area contributed by atoms with Crippen LogP contribution in [-0.4, -0.2) is 53.2 Å². The van der Waals surface area contributed by atoms with Gasteiger partial charge >= 0.3 is 12.0 Å². The molecule has 0 fully saturated rings. The van der Waals surface area contributed by atoms with Gasteiger partial charge in [-0.15, -0.1) is 0 Å². The SMILES string of the molecule is CCCCCCN(C(=O)CCCN1C(=O)NC(c2ccc(-c3ccccc3)cc2)C(C(=O)OCc2ccccc2)=C1C)C(C(=O)NCCCC)c1ccc(-c2ccccc2)cc1. The van der Waals surface area contributed by atoms with Crippen molar-refractivity contribution in [3.05, 3.63) is 167 Å². The van der Waals surface area contributed by atoms with Crippen molar-refractivity contribution in [2.75, 3.05) is 19.6 Å². The van der Waals surface area contributed by atoms with Crippen LogP contribution in [0.5, 0.6) is 0 Å². The Bertz CT molecular complexity index is 2240. The maximum atomic E-state index is 14.4. The van der Waals surface area contributed by atoms with E-state index >= 15 is 0 Å². The van der Waals surface area contributed by atoms with Gasteiger partial charge < -0.3 is 20.3 Å². The number of ether oxygens (including phenoxy) is 1. The average Bonchev–Trinajstić information content (AvgIpc) is 3.31. The van der Waals surface area contributed by atoms with E-state index in [1.165, 1.54) is 4.90 Å². The number of nitrogens with one attached hydrogen (secondary N) is 2. The summed E-state index contributed by atoms with van der Waals surface area (Å²) in [4.78, 5) is 59.8. The molecule has 1 aliphatic heterocycles. The molecule has 9 heteroatoms. The summed E-state index contributed by atoms with van der Waals surface area (Å²) < 4.78 is 5.88. The van der Waals surface area contributed by atoms with Crippen molar-refractivity contribution in [1.29, 1.82) is 0 Å². The van der Waals surface area contributed by atoms with Crippen LogP contribution in [0, 0.1) is 0 Å². The molecule has 5 aromatic carbocycles. The normalized spacial score (nSPS) is 14.2. The molecule has 0 bridgehead atoms. The van der Waals surface area contributed by atoms with Gasteiger partial charge in [-0.3, -0.25) is 14.5 Å². The molecule has 1 aliphatic rings. The summed E-state index contributed by atoms with van der Waals surface area (Å²) in [5, 5.41) is 6.18. The lowest BCUT2D eigenvalue weighted by Crippen LogP contribution is -2.48. The van der Waals surface area contributed by atoms with Crippen LogP contribution in [0.4, 0.5) is 4.79 Å². The number of rotatable bonds is 21. The van der Waals surface area contributed by atoms with Crippen LogP contribution in [0.1, 0.15) is 101 Å². The van der Waals surface area contributed by atoms with Gasteiger partial charge in [0.15, 0.2) is 0 Å². The maximum absolute atomic E-state index is 14.4. The molecular weight excluding hydrogens is 773 g/mol. The van der Waals surface area contributed by atoms with Crippen LogP contribution in [-0.2, 0) is 25.7 Å². The van der Waals surface area contributed by atoms with Crippen molar-refractivity contribution < 1.29 is 23.9 Å². The Hall–Kier alpha value is -6.48. The minimum atomic E-state index is -0.814. The summed E-state index contributed by atoms with van der Waals surface area (Å²) in [5.74, 6) is -0.898. The number of carbonyl (C=O) groups is 4. The van der Waals surface area contributed by atoms with Crippen LogP contribution in [0.15, 0.2) is 151 Å². The van der Waals surface area contributed by atoms with Gasteiger partial charge in [-0.2, -0.15) is 0 Å². The van der Waals surface area contributed by atoms with Gasteiger partial charge in [0.1, 0.15) is 12.6 Å². The third-order valence-corrected chi connectivity index (χ3v) is 11.4. The number of benzene rings is 5. The predicted molar refractivity (Wildman–Crippen MR) is 246 cm³/mol. The van der Waals surface area contributed by atoms with Crippen LogP contribution in [0.3, 0.4) is 0 Å². The molecule has 62 heavy (non-hydrogen) atoms. The second-order valence-corrected chi connectivity index (χ2v) is 15.9. The Kier molecular flexibility index (Phi) is 16.7. The number of esters is 1.